The number of aryl methyl sites for hydroxylation is 1. The molecule has 1 N–H and O–H groups in total. The minimum Gasteiger partial charge on any atom is -0.415 e. The summed E-state index contributed by atoms with van der Waals surface area (Å²) in [6.45, 7) is 0.871. The summed E-state index contributed by atoms with van der Waals surface area (Å²) in [4.78, 5) is 14.5. The maximum atomic E-state index is 13.2. The van der Waals surface area contributed by atoms with Gasteiger partial charge in [-0.3, -0.25) is 4.68 Å². The number of fused-ring (bicyclic) bond motifs is 1. The lowest BCUT2D eigenvalue weighted by Crippen LogP contribution is -2.39. The first-order chi connectivity index (χ1) is 15.5. The fourth-order valence-electron chi connectivity index (χ4n) is 3.72. The first kappa shape index (κ1) is 20.2. The molecule has 0 fully saturated rings. The van der Waals surface area contributed by atoms with Gasteiger partial charge in [0.25, 0.3) is 5.89 Å². The summed E-state index contributed by atoms with van der Waals surface area (Å²) in [5.41, 5.74) is 3.54. The number of hydrogen-bond donors (Lipinski definition) is 1. The lowest BCUT2D eigenvalue weighted by atomic mass is 10.1. The van der Waals surface area contributed by atoms with Crippen LogP contribution in [0.3, 0.4) is 0 Å². The normalized spacial score (nSPS) is 13.2. The molecule has 0 saturated carbocycles. The predicted octanol–water partition coefficient (Wildman–Crippen LogP) is 4.52. The van der Waals surface area contributed by atoms with Crippen LogP contribution in [0.4, 0.5) is 14.9 Å². The molecule has 0 bridgehead atoms. The Morgan fingerprint density at radius 1 is 1.12 bits per heavy atom. The molecule has 1 aliphatic heterocycles. The molecular formula is C22H18ClFN6O2. The summed E-state index contributed by atoms with van der Waals surface area (Å²) in [5, 5.41) is 16.1. The minimum atomic E-state index is -0.345. The van der Waals surface area contributed by atoms with Crippen molar-refractivity contribution in [3.63, 3.8) is 0 Å². The average molecular weight is 453 g/mol. The number of amides is 2. The van der Waals surface area contributed by atoms with Gasteiger partial charge in [0.1, 0.15) is 5.82 Å². The molecule has 1 aliphatic rings. The van der Waals surface area contributed by atoms with E-state index in [0.717, 1.165) is 11.3 Å². The van der Waals surface area contributed by atoms with Crippen LogP contribution in [0.5, 0.6) is 0 Å². The number of para-hydroxylation sites is 1. The van der Waals surface area contributed by atoms with Crippen molar-refractivity contribution < 1.29 is 13.6 Å². The number of hydrogen-bond acceptors (Lipinski definition) is 5. The molecule has 0 unspecified atom stereocenters. The molecule has 8 nitrogen and oxygen atoms in total. The van der Waals surface area contributed by atoms with E-state index in [4.69, 9.17) is 16.0 Å². The molecule has 2 aromatic carbocycles. The van der Waals surface area contributed by atoms with Gasteiger partial charge in [-0.1, -0.05) is 23.7 Å². The van der Waals surface area contributed by atoms with Crippen LogP contribution >= 0.6 is 11.6 Å². The van der Waals surface area contributed by atoms with Crippen molar-refractivity contribution in [2.24, 2.45) is 7.05 Å². The van der Waals surface area contributed by atoms with E-state index in [9.17, 15) is 9.18 Å². The quantitative estimate of drug-likeness (QED) is 0.493. The molecule has 4 aromatic rings. The van der Waals surface area contributed by atoms with Gasteiger partial charge in [0.15, 0.2) is 5.69 Å². The lowest BCUT2D eigenvalue weighted by Gasteiger charge is -2.27. The molecule has 2 aromatic heterocycles. The number of anilines is 1. The monoisotopic (exact) mass is 452 g/mol. The van der Waals surface area contributed by atoms with Crippen molar-refractivity contribution in [1.82, 2.24) is 24.9 Å². The van der Waals surface area contributed by atoms with Crippen molar-refractivity contribution in [1.29, 1.82) is 0 Å². The van der Waals surface area contributed by atoms with Crippen LogP contribution in [-0.4, -0.2) is 37.5 Å². The van der Waals surface area contributed by atoms with Crippen molar-refractivity contribution in [3.8, 4) is 23.0 Å². The number of aromatic nitrogens is 4. The Labute approximate surface area is 187 Å². The van der Waals surface area contributed by atoms with Gasteiger partial charge < -0.3 is 14.6 Å². The molecule has 32 heavy (non-hydrogen) atoms. The van der Waals surface area contributed by atoms with Crippen LogP contribution in [-0.2, 0) is 20.0 Å². The third-order valence-corrected chi connectivity index (χ3v) is 5.69. The molecule has 0 aliphatic carbocycles. The zero-order chi connectivity index (χ0) is 22.2. The molecule has 0 radical (unpaired) electrons. The molecule has 0 spiro atoms. The van der Waals surface area contributed by atoms with Gasteiger partial charge in [0, 0.05) is 36.8 Å². The number of urea groups is 1. The number of carbonyl (C=O) groups excluding carboxylic acids is 1. The van der Waals surface area contributed by atoms with Gasteiger partial charge >= 0.3 is 6.03 Å². The van der Waals surface area contributed by atoms with Gasteiger partial charge in [0.05, 0.1) is 17.3 Å². The first-order valence-electron chi connectivity index (χ1n) is 9.94. The number of halogens is 2. The third-order valence-electron chi connectivity index (χ3n) is 5.36. The van der Waals surface area contributed by atoms with Gasteiger partial charge in [-0.05, 0) is 36.4 Å². The fourth-order valence-corrected chi connectivity index (χ4v) is 3.91. The summed E-state index contributed by atoms with van der Waals surface area (Å²) in [7, 11) is 1.85. The second-order valence-corrected chi connectivity index (χ2v) is 7.81. The molecular weight excluding hydrogens is 435 g/mol. The van der Waals surface area contributed by atoms with Crippen molar-refractivity contribution in [2.75, 3.05) is 11.9 Å². The van der Waals surface area contributed by atoms with E-state index >= 15 is 0 Å². The van der Waals surface area contributed by atoms with Gasteiger partial charge in [-0.15, -0.1) is 10.2 Å². The van der Waals surface area contributed by atoms with Crippen LogP contribution in [0.25, 0.3) is 23.0 Å². The lowest BCUT2D eigenvalue weighted by molar-refractivity contribution is 0.206. The molecule has 5 rings (SSSR count). The highest BCUT2D eigenvalue weighted by Crippen LogP contribution is 2.31. The SMILES string of the molecule is Cn1nc(-c2nnc(-c3ccc(F)cc3)o2)c2c1CCN(C(=O)Nc1ccccc1Cl)C2. The van der Waals surface area contributed by atoms with E-state index in [0.29, 0.717) is 41.5 Å². The zero-order valence-electron chi connectivity index (χ0n) is 17.0. The summed E-state index contributed by atoms with van der Waals surface area (Å²) >= 11 is 6.16. The Hall–Kier alpha value is -3.72. The molecule has 0 saturated heterocycles. The number of benzene rings is 2. The van der Waals surface area contributed by atoms with Crippen LogP contribution in [0.1, 0.15) is 11.3 Å². The van der Waals surface area contributed by atoms with Crippen molar-refractivity contribution >= 4 is 23.3 Å². The van der Waals surface area contributed by atoms with Crippen LogP contribution in [0, 0.1) is 5.82 Å². The highest BCUT2D eigenvalue weighted by molar-refractivity contribution is 6.33. The fraction of sp³-hybridized carbons (Fsp3) is 0.182. The van der Waals surface area contributed by atoms with E-state index in [-0.39, 0.29) is 23.6 Å². The van der Waals surface area contributed by atoms with Crippen molar-refractivity contribution in [3.05, 3.63) is 70.6 Å². The largest absolute Gasteiger partial charge is 0.415 e. The van der Waals surface area contributed by atoms with E-state index < -0.39 is 0 Å². The first-order valence-corrected chi connectivity index (χ1v) is 10.3. The zero-order valence-corrected chi connectivity index (χ0v) is 17.8. The van der Waals surface area contributed by atoms with E-state index in [1.54, 1.807) is 39.9 Å². The van der Waals surface area contributed by atoms with Gasteiger partial charge in [0.2, 0.25) is 5.89 Å². The van der Waals surface area contributed by atoms with Crippen LogP contribution in [0.2, 0.25) is 5.02 Å². The second kappa shape index (κ2) is 8.08. The second-order valence-electron chi connectivity index (χ2n) is 7.40. The molecule has 162 valence electrons. The summed E-state index contributed by atoms with van der Waals surface area (Å²) in [6, 6.07) is 12.6. The van der Waals surface area contributed by atoms with Crippen molar-refractivity contribution in [2.45, 2.75) is 13.0 Å². The average Bonchev–Trinajstić information content (AvgIpc) is 3.40. The molecule has 3 heterocycles. The van der Waals surface area contributed by atoms with E-state index in [1.807, 2.05) is 13.1 Å². The molecule has 0 atom stereocenters. The topological polar surface area (TPSA) is 89.1 Å². The number of nitrogens with one attached hydrogen (secondary N) is 1. The smallest absolute Gasteiger partial charge is 0.322 e. The predicted molar refractivity (Wildman–Crippen MR) is 116 cm³/mol. The molecule has 2 amide bonds. The Bertz CT molecular complexity index is 1300. The van der Waals surface area contributed by atoms with Crippen LogP contribution < -0.4 is 5.32 Å². The standard InChI is InChI=1S/C22H18ClFN6O2/c1-29-18-10-11-30(22(31)25-17-5-3-2-4-16(17)23)12-15(18)19(28-29)21-27-26-20(32-21)13-6-8-14(24)9-7-13/h2-9H,10-12H2,1H3,(H,25,31). The highest BCUT2D eigenvalue weighted by Gasteiger charge is 2.29. The number of nitrogens with zero attached hydrogens (tertiary/aromatic N) is 5. The molecule has 10 heteroatoms. The maximum Gasteiger partial charge on any atom is 0.322 e. The minimum absolute atomic E-state index is 0.245. The summed E-state index contributed by atoms with van der Waals surface area (Å²) in [6.07, 6.45) is 0.633. The van der Waals surface area contributed by atoms with Gasteiger partial charge in [-0.25, -0.2) is 9.18 Å². The van der Waals surface area contributed by atoms with E-state index in [1.165, 1.54) is 12.1 Å². The van der Waals surface area contributed by atoms with Crippen LogP contribution in [0.15, 0.2) is 52.9 Å². The highest BCUT2D eigenvalue weighted by atomic mass is 35.5. The Morgan fingerprint density at radius 2 is 1.88 bits per heavy atom. The maximum absolute atomic E-state index is 13.2. The summed E-state index contributed by atoms with van der Waals surface area (Å²) < 4.78 is 20.8. The number of rotatable bonds is 3. The Morgan fingerprint density at radius 3 is 2.66 bits per heavy atom. The Kier molecular flexibility index (Phi) is 5.10. The third kappa shape index (κ3) is 3.71. The number of carbonyl (C=O) groups is 1. The van der Waals surface area contributed by atoms with Gasteiger partial charge in [-0.2, -0.15) is 5.10 Å². The Balaban J connectivity index is 1.41. The van der Waals surface area contributed by atoms with E-state index in [2.05, 4.69) is 20.6 Å². The summed E-state index contributed by atoms with van der Waals surface area (Å²) in [5.74, 6) is 0.167.